The monoisotopic (exact) mass is 254 g/mol. The number of amides is 1. The molecule has 5 nitrogen and oxygen atoms in total. The van der Waals surface area contributed by atoms with Crippen LogP contribution in [0.1, 0.15) is 24.3 Å². The third-order valence-electron chi connectivity index (χ3n) is 1.81. The zero-order valence-corrected chi connectivity index (χ0v) is 10.5. The predicted octanol–water partition coefficient (Wildman–Crippen LogP) is 1.86. The van der Waals surface area contributed by atoms with Crippen LogP contribution in [0.5, 0.6) is 0 Å². The Labute approximate surface area is 104 Å². The molecule has 1 aromatic heterocycles. The van der Waals surface area contributed by atoms with E-state index in [0.717, 1.165) is 0 Å². The molecule has 2 N–H and O–H groups in total. The van der Waals surface area contributed by atoms with Gasteiger partial charge in [0.15, 0.2) is 0 Å². The minimum absolute atomic E-state index is 0.0840. The Kier molecular flexibility index (Phi) is 4.96. The van der Waals surface area contributed by atoms with E-state index in [1.807, 2.05) is 13.8 Å². The van der Waals surface area contributed by atoms with Crippen LogP contribution in [0, 0.1) is 0 Å². The van der Waals surface area contributed by atoms with Crippen LogP contribution in [0.3, 0.4) is 0 Å². The number of hydrogen-bond acceptors (Lipinski definition) is 4. The van der Waals surface area contributed by atoms with Gasteiger partial charge in [-0.3, -0.25) is 4.79 Å². The Hall–Kier alpha value is -1.56. The molecule has 0 saturated heterocycles. The number of nitrogens with one attached hydrogen (secondary N) is 1. The van der Waals surface area contributed by atoms with Crippen molar-refractivity contribution in [3.05, 3.63) is 24.0 Å². The van der Waals surface area contributed by atoms with Crippen LogP contribution in [0.4, 0.5) is 5.69 Å². The summed E-state index contributed by atoms with van der Waals surface area (Å²) in [4.78, 5) is 25.8. The molecule has 6 heteroatoms. The van der Waals surface area contributed by atoms with E-state index < -0.39 is 5.97 Å². The topological polar surface area (TPSA) is 79.3 Å². The maximum Gasteiger partial charge on any atom is 0.354 e. The quantitative estimate of drug-likeness (QED) is 0.838. The summed E-state index contributed by atoms with van der Waals surface area (Å²) in [5, 5.41) is 11.8. The minimum Gasteiger partial charge on any atom is -0.477 e. The van der Waals surface area contributed by atoms with Crippen molar-refractivity contribution in [3.63, 3.8) is 0 Å². The number of anilines is 1. The van der Waals surface area contributed by atoms with Gasteiger partial charge in [-0.05, 0) is 17.4 Å². The summed E-state index contributed by atoms with van der Waals surface area (Å²) in [6, 6.07) is 2.89. The average Bonchev–Trinajstić information content (AvgIpc) is 2.26. The Morgan fingerprint density at radius 1 is 1.53 bits per heavy atom. The summed E-state index contributed by atoms with van der Waals surface area (Å²) >= 11 is 1.53. The maximum atomic E-state index is 11.5. The van der Waals surface area contributed by atoms with Crippen molar-refractivity contribution >= 4 is 29.3 Å². The van der Waals surface area contributed by atoms with Crippen LogP contribution in [0.2, 0.25) is 0 Å². The first-order valence-electron chi connectivity index (χ1n) is 5.10. The van der Waals surface area contributed by atoms with E-state index in [2.05, 4.69) is 10.3 Å². The van der Waals surface area contributed by atoms with Crippen molar-refractivity contribution in [1.82, 2.24) is 4.98 Å². The highest BCUT2D eigenvalue weighted by atomic mass is 32.2. The average molecular weight is 254 g/mol. The fraction of sp³-hybridized carbons (Fsp3) is 0.364. The predicted molar refractivity (Wildman–Crippen MR) is 67.4 cm³/mol. The molecule has 1 rings (SSSR count). The van der Waals surface area contributed by atoms with Crippen LogP contribution in [-0.2, 0) is 4.79 Å². The van der Waals surface area contributed by atoms with Crippen LogP contribution >= 0.6 is 11.8 Å². The number of carboxylic acid groups (broad SMARTS) is 1. The molecule has 0 saturated carbocycles. The lowest BCUT2D eigenvalue weighted by Gasteiger charge is -2.06. The molecule has 0 atom stereocenters. The van der Waals surface area contributed by atoms with Crippen molar-refractivity contribution < 1.29 is 14.7 Å². The molecule has 17 heavy (non-hydrogen) atoms. The van der Waals surface area contributed by atoms with E-state index >= 15 is 0 Å². The molecule has 0 radical (unpaired) electrons. The zero-order valence-electron chi connectivity index (χ0n) is 9.64. The number of carboxylic acids is 1. The Morgan fingerprint density at radius 3 is 2.82 bits per heavy atom. The standard InChI is InChI=1S/C11H14N2O3S/c1-7(2)17-6-10(14)13-8-3-4-12-9(5-8)11(15)16/h3-5,7H,6H2,1-2H3,(H,15,16)(H,12,13,14). The molecule has 1 aromatic rings. The largest absolute Gasteiger partial charge is 0.477 e. The third-order valence-corrected chi connectivity index (χ3v) is 2.91. The van der Waals surface area contributed by atoms with Gasteiger partial charge in [-0.15, -0.1) is 11.8 Å². The van der Waals surface area contributed by atoms with Crippen molar-refractivity contribution in [2.24, 2.45) is 0 Å². The first-order chi connectivity index (χ1) is 7.99. The summed E-state index contributed by atoms with van der Waals surface area (Å²) in [7, 11) is 0. The molecule has 0 aliphatic rings. The molecule has 0 aliphatic heterocycles. The smallest absolute Gasteiger partial charge is 0.354 e. The Morgan fingerprint density at radius 2 is 2.24 bits per heavy atom. The van der Waals surface area contributed by atoms with Crippen LogP contribution in [-0.4, -0.2) is 33.0 Å². The summed E-state index contributed by atoms with van der Waals surface area (Å²) in [6.45, 7) is 4.01. The van der Waals surface area contributed by atoms with E-state index in [4.69, 9.17) is 5.11 Å². The van der Waals surface area contributed by atoms with E-state index in [1.165, 1.54) is 24.0 Å². The highest BCUT2D eigenvalue weighted by molar-refractivity contribution is 8.00. The molecule has 1 amide bonds. The molecular weight excluding hydrogens is 240 g/mol. The lowest BCUT2D eigenvalue weighted by molar-refractivity contribution is -0.113. The Bertz CT molecular complexity index is 421. The number of hydrogen-bond donors (Lipinski definition) is 2. The number of thioether (sulfide) groups is 1. The van der Waals surface area contributed by atoms with Crippen LogP contribution in [0.25, 0.3) is 0 Å². The maximum absolute atomic E-state index is 11.5. The molecule has 0 unspecified atom stereocenters. The first kappa shape index (κ1) is 13.5. The molecule has 0 aliphatic carbocycles. The Balaban J connectivity index is 2.59. The fourth-order valence-electron chi connectivity index (χ4n) is 1.06. The van der Waals surface area contributed by atoms with Crippen LogP contribution < -0.4 is 5.32 Å². The minimum atomic E-state index is -1.11. The SMILES string of the molecule is CC(C)SCC(=O)Nc1ccnc(C(=O)O)c1. The molecule has 0 bridgehead atoms. The van der Waals surface area contributed by atoms with Gasteiger partial charge in [0.05, 0.1) is 5.75 Å². The molecule has 0 aromatic carbocycles. The van der Waals surface area contributed by atoms with Gasteiger partial charge in [-0.1, -0.05) is 13.8 Å². The number of pyridine rings is 1. The molecule has 0 fully saturated rings. The normalized spacial score (nSPS) is 10.3. The van der Waals surface area contributed by atoms with Crippen molar-refractivity contribution in [2.75, 3.05) is 11.1 Å². The second kappa shape index (κ2) is 6.24. The second-order valence-electron chi connectivity index (χ2n) is 3.64. The van der Waals surface area contributed by atoms with Crippen LogP contribution in [0.15, 0.2) is 18.3 Å². The number of nitrogens with zero attached hydrogens (tertiary/aromatic N) is 1. The molecule has 0 spiro atoms. The number of carbonyl (C=O) groups is 2. The lowest BCUT2D eigenvalue weighted by atomic mass is 10.3. The zero-order chi connectivity index (χ0) is 12.8. The van der Waals surface area contributed by atoms with E-state index in [0.29, 0.717) is 16.7 Å². The molecule has 92 valence electrons. The summed E-state index contributed by atoms with van der Waals surface area (Å²) < 4.78 is 0. The third kappa shape index (κ3) is 4.86. The van der Waals surface area contributed by atoms with E-state index in [-0.39, 0.29) is 11.6 Å². The van der Waals surface area contributed by atoms with Gasteiger partial charge < -0.3 is 10.4 Å². The van der Waals surface area contributed by atoms with Gasteiger partial charge in [0.2, 0.25) is 5.91 Å². The highest BCUT2D eigenvalue weighted by Gasteiger charge is 2.08. The number of carbonyl (C=O) groups excluding carboxylic acids is 1. The first-order valence-corrected chi connectivity index (χ1v) is 6.14. The van der Waals surface area contributed by atoms with Gasteiger partial charge in [0.1, 0.15) is 5.69 Å². The van der Waals surface area contributed by atoms with Crippen molar-refractivity contribution in [1.29, 1.82) is 0 Å². The molecular formula is C11H14N2O3S. The van der Waals surface area contributed by atoms with Gasteiger partial charge in [-0.25, -0.2) is 9.78 Å². The van der Waals surface area contributed by atoms with E-state index in [1.54, 1.807) is 6.07 Å². The van der Waals surface area contributed by atoms with Gasteiger partial charge in [-0.2, -0.15) is 0 Å². The second-order valence-corrected chi connectivity index (χ2v) is 5.21. The number of aromatic nitrogens is 1. The lowest BCUT2D eigenvalue weighted by Crippen LogP contribution is -2.15. The summed E-state index contributed by atoms with van der Waals surface area (Å²) in [5.41, 5.74) is 0.367. The summed E-state index contributed by atoms with van der Waals surface area (Å²) in [5.74, 6) is -0.911. The molecule has 1 heterocycles. The van der Waals surface area contributed by atoms with Crippen molar-refractivity contribution in [2.45, 2.75) is 19.1 Å². The highest BCUT2D eigenvalue weighted by Crippen LogP contribution is 2.11. The van der Waals surface area contributed by atoms with Gasteiger partial charge in [0, 0.05) is 11.9 Å². The number of aromatic carboxylic acids is 1. The van der Waals surface area contributed by atoms with Gasteiger partial charge >= 0.3 is 5.97 Å². The fourth-order valence-corrected chi connectivity index (χ4v) is 1.62. The van der Waals surface area contributed by atoms with E-state index in [9.17, 15) is 9.59 Å². The van der Waals surface area contributed by atoms with Gasteiger partial charge in [0.25, 0.3) is 0 Å². The number of rotatable bonds is 5. The summed E-state index contributed by atoms with van der Waals surface area (Å²) in [6.07, 6.45) is 1.36. The van der Waals surface area contributed by atoms with Crippen molar-refractivity contribution in [3.8, 4) is 0 Å².